The van der Waals surface area contributed by atoms with Crippen LogP contribution < -0.4 is 9.64 Å². The average Bonchev–Trinajstić information content (AvgIpc) is 2.67. The number of hydrogen-bond donors (Lipinski definition) is 0. The van der Waals surface area contributed by atoms with Gasteiger partial charge in [0, 0.05) is 45.0 Å². The van der Waals surface area contributed by atoms with Crippen LogP contribution in [0.4, 0.5) is 5.95 Å². The van der Waals surface area contributed by atoms with Crippen LogP contribution in [0.2, 0.25) is 0 Å². The van der Waals surface area contributed by atoms with Crippen molar-refractivity contribution >= 4 is 11.9 Å². The number of anilines is 1. The molecule has 1 aromatic heterocycles. The minimum Gasteiger partial charge on any atom is -0.481 e. The second kappa shape index (κ2) is 7.79. The molecule has 132 valence electrons. The summed E-state index contributed by atoms with van der Waals surface area (Å²) in [6.45, 7) is 5.75. The fourth-order valence-electron chi connectivity index (χ4n) is 3.48. The molecule has 2 aliphatic heterocycles. The summed E-state index contributed by atoms with van der Waals surface area (Å²) in [7, 11) is 1.60. The lowest BCUT2D eigenvalue weighted by molar-refractivity contribution is -0.145. The second-order valence-electron chi connectivity index (χ2n) is 6.28. The minimum absolute atomic E-state index is 0.0170. The Labute approximate surface area is 143 Å². The van der Waals surface area contributed by atoms with Crippen LogP contribution in [0.3, 0.4) is 0 Å². The van der Waals surface area contributed by atoms with Gasteiger partial charge in [-0.2, -0.15) is 4.98 Å². The summed E-state index contributed by atoms with van der Waals surface area (Å²) < 4.78 is 10.9. The second-order valence-corrected chi connectivity index (χ2v) is 6.28. The van der Waals surface area contributed by atoms with E-state index in [2.05, 4.69) is 21.8 Å². The smallest absolute Gasteiger partial charge is 0.228 e. The molecule has 2 fully saturated rings. The molecule has 7 nitrogen and oxygen atoms in total. The number of aromatic nitrogens is 2. The highest BCUT2D eigenvalue weighted by Gasteiger charge is 2.35. The summed E-state index contributed by atoms with van der Waals surface area (Å²) in [5, 5.41) is 0. The molecule has 3 heterocycles. The number of methoxy groups -OCH3 is 1. The molecule has 0 aromatic carbocycles. The fraction of sp³-hybridized carbons (Fsp3) is 0.706. The van der Waals surface area contributed by atoms with Crippen LogP contribution in [-0.4, -0.2) is 66.8 Å². The number of carbonyl (C=O) groups is 1. The molecule has 2 aliphatic rings. The molecule has 2 saturated heterocycles. The molecule has 0 saturated carbocycles. The minimum atomic E-state index is 0.0170. The van der Waals surface area contributed by atoms with E-state index in [1.54, 1.807) is 19.4 Å². The zero-order valence-corrected chi connectivity index (χ0v) is 14.5. The van der Waals surface area contributed by atoms with E-state index in [1.807, 2.05) is 4.90 Å². The number of amides is 1. The highest BCUT2D eigenvalue weighted by molar-refractivity contribution is 5.79. The number of nitrogens with zero attached hydrogens (tertiary/aromatic N) is 4. The molecule has 0 radical (unpaired) electrons. The Kier molecular flexibility index (Phi) is 5.50. The van der Waals surface area contributed by atoms with Gasteiger partial charge >= 0.3 is 0 Å². The Morgan fingerprint density at radius 3 is 2.88 bits per heavy atom. The van der Waals surface area contributed by atoms with E-state index >= 15 is 0 Å². The van der Waals surface area contributed by atoms with Gasteiger partial charge in [-0.25, -0.2) is 4.98 Å². The predicted octanol–water partition coefficient (Wildman–Crippen LogP) is 1.34. The maximum atomic E-state index is 12.8. The first kappa shape index (κ1) is 17.0. The molecule has 7 heteroatoms. The maximum absolute atomic E-state index is 12.8. The quantitative estimate of drug-likeness (QED) is 0.828. The van der Waals surface area contributed by atoms with Gasteiger partial charge in [-0.05, 0) is 19.3 Å². The molecule has 24 heavy (non-hydrogen) atoms. The lowest BCUT2D eigenvalue weighted by atomic mass is 9.91. The highest BCUT2D eigenvalue weighted by Crippen LogP contribution is 2.26. The van der Waals surface area contributed by atoms with Crippen LogP contribution in [0.5, 0.6) is 5.88 Å². The molecule has 0 N–H and O–H groups in total. The van der Waals surface area contributed by atoms with Crippen molar-refractivity contribution in [2.45, 2.75) is 32.3 Å². The summed E-state index contributed by atoms with van der Waals surface area (Å²) in [6.07, 6.45) is 4.59. The summed E-state index contributed by atoms with van der Waals surface area (Å²) in [5.74, 6) is 1.48. The topological polar surface area (TPSA) is 67.8 Å². The zero-order valence-electron chi connectivity index (χ0n) is 14.5. The van der Waals surface area contributed by atoms with Crippen molar-refractivity contribution < 1.29 is 14.3 Å². The van der Waals surface area contributed by atoms with Crippen LogP contribution >= 0.6 is 0 Å². The van der Waals surface area contributed by atoms with Crippen molar-refractivity contribution in [1.29, 1.82) is 0 Å². The Morgan fingerprint density at radius 1 is 1.38 bits per heavy atom. The molecular weight excluding hydrogens is 308 g/mol. The van der Waals surface area contributed by atoms with Gasteiger partial charge in [0.2, 0.25) is 17.7 Å². The van der Waals surface area contributed by atoms with Crippen LogP contribution in [0.25, 0.3) is 0 Å². The van der Waals surface area contributed by atoms with Crippen LogP contribution in [-0.2, 0) is 9.53 Å². The molecule has 1 aromatic rings. The Morgan fingerprint density at radius 2 is 2.17 bits per heavy atom. The van der Waals surface area contributed by atoms with Crippen LogP contribution in [0.15, 0.2) is 12.3 Å². The van der Waals surface area contributed by atoms with Crippen molar-refractivity contribution in [1.82, 2.24) is 14.9 Å². The number of hydrogen-bond acceptors (Lipinski definition) is 6. The molecule has 0 aliphatic carbocycles. The standard InChI is InChI=1S/C17H26N4O3/c1-3-14-13(5-4-12-24-14)16(22)20-8-10-21(11-9-20)17-18-7-6-15(19-17)23-2/h6-7,13-14H,3-5,8-12H2,1-2H3. The van der Waals surface area contributed by atoms with Crippen molar-refractivity contribution in [3.05, 3.63) is 12.3 Å². The maximum Gasteiger partial charge on any atom is 0.228 e. The fourth-order valence-corrected chi connectivity index (χ4v) is 3.48. The number of rotatable bonds is 4. The predicted molar refractivity (Wildman–Crippen MR) is 90.1 cm³/mol. The average molecular weight is 334 g/mol. The van der Waals surface area contributed by atoms with Gasteiger partial charge in [0.05, 0.1) is 19.1 Å². The van der Waals surface area contributed by atoms with E-state index in [-0.39, 0.29) is 17.9 Å². The van der Waals surface area contributed by atoms with E-state index in [1.165, 1.54) is 0 Å². The van der Waals surface area contributed by atoms with Crippen LogP contribution in [0.1, 0.15) is 26.2 Å². The summed E-state index contributed by atoms with van der Waals surface area (Å²) in [4.78, 5) is 25.6. The van der Waals surface area contributed by atoms with Gasteiger partial charge in [0.25, 0.3) is 0 Å². The van der Waals surface area contributed by atoms with Crippen molar-refractivity contribution in [3.8, 4) is 5.88 Å². The first-order valence-corrected chi connectivity index (χ1v) is 8.75. The van der Waals surface area contributed by atoms with Gasteiger partial charge < -0.3 is 19.3 Å². The molecule has 0 bridgehead atoms. The largest absolute Gasteiger partial charge is 0.481 e. The Balaban J connectivity index is 1.59. The normalized spacial score (nSPS) is 24.8. The third kappa shape index (κ3) is 3.61. The SMILES string of the molecule is CCC1OCCCC1C(=O)N1CCN(c2nccc(OC)n2)CC1. The molecule has 2 unspecified atom stereocenters. The molecule has 1 amide bonds. The Bertz CT molecular complexity index is 561. The van der Waals surface area contributed by atoms with E-state index in [0.29, 0.717) is 24.9 Å². The molecule has 2 atom stereocenters. The van der Waals surface area contributed by atoms with Crippen LogP contribution in [0, 0.1) is 5.92 Å². The lowest BCUT2D eigenvalue weighted by Crippen LogP contribution is -2.53. The van der Waals surface area contributed by atoms with Gasteiger partial charge in [0.1, 0.15) is 0 Å². The van der Waals surface area contributed by atoms with Gasteiger partial charge in [-0.1, -0.05) is 6.92 Å². The van der Waals surface area contributed by atoms with Gasteiger partial charge in [-0.3, -0.25) is 4.79 Å². The van der Waals surface area contributed by atoms with Crippen molar-refractivity contribution in [2.75, 3.05) is 44.8 Å². The lowest BCUT2D eigenvalue weighted by Gasteiger charge is -2.39. The molecule has 3 rings (SSSR count). The highest BCUT2D eigenvalue weighted by atomic mass is 16.5. The number of piperazine rings is 1. The summed E-state index contributed by atoms with van der Waals surface area (Å²) in [6, 6.07) is 1.73. The third-order valence-electron chi connectivity index (χ3n) is 4.86. The molecular formula is C17H26N4O3. The summed E-state index contributed by atoms with van der Waals surface area (Å²) >= 11 is 0. The van der Waals surface area contributed by atoms with E-state index < -0.39 is 0 Å². The molecule has 0 spiro atoms. The first-order valence-electron chi connectivity index (χ1n) is 8.75. The van der Waals surface area contributed by atoms with E-state index in [4.69, 9.17) is 9.47 Å². The Hall–Kier alpha value is -1.89. The van der Waals surface area contributed by atoms with E-state index in [0.717, 1.165) is 39.0 Å². The van der Waals surface area contributed by atoms with E-state index in [9.17, 15) is 4.79 Å². The van der Waals surface area contributed by atoms with Gasteiger partial charge in [0.15, 0.2) is 0 Å². The number of ether oxygens (including phenoxy) is 2. The van der Waals surface area contributed by atoms with Gasteiger partial charge in [-0.15, -0.1) is 0 Å². The zero-order chi connectivity index (χ0) is 16.9. The monoisotopic (exact) mass is 334 g/mol. The third-order valence-corrected chi connectivity index (χ3v) is 4.86. The summed E-state index contributed by atoms with van der Waals surface area (Å²) in [5.41, 5.74) is 0. The first-order chi connectivity index (χ1) is 11.7. The van der Waals surface area contributed by atoms with Crippen molar-refractivity contribution in [3.63, 3.8) is 0 Å². The van der Waals surface area contributed by atoms with Crippen molar-refractivity contribution in [2.24, 2.45) is 5.92 Å². The number of carbonyl (C=O) groups excluding carboxylic acids is 1.